The van der Waals surface area contributed by atoms with Crippen LogP contribution in [0.25, 0.3) is 0 Å². The number of hydrogen-bond acceptors (Lipinski definition) is 6. The number of allylic oxidation sites excluding steroid dienone is 2. The summed E-state index contributed by atoms with van der Waals surface area (Å²) in [6.45, 7) is 9.67. The van der Waals surface area contributed by atoms with E-state index >= 15 is 0 Å². The van der Waals surface area contributed by atoms with Crippen molar-refractivity contribution in [3.63, 3.8) is 0 Å². The van der Waals surface area contributed by atoms with Crippen LogP contribution in [0.3, 0.4) is 0 Å². The van der Waals surface area contributed by atoms with E-state index < -0.39 is 29.6 Å². The average molecular weight is 390 g/mol. The minimum absolute atomic E-state index is 0.0468. The van der Waals surface area contributed by atoms with E-state index in [1.807, 2.05) is 13.0 Å². The van der Waals surface area contributed by atoms with E-state index in [-0.39, 0.29) is 23.9 Å². The van der Waals surface area contributed by atoms with E-state index in [9.17, 15) is 19.5 Å². The van der Waals surface area contributed by atoms with Crippen molar-refractivity contribution in [3.05, 3.63) is 23.8 Å². The Labute approximate surface area is 166 Å². The van der Waals surface area contributed by atoms with E-state index in [4.69, 9.17) is 9.47 Å². The highest BCUT2D eigenvalue weighted by atomic mass is 16.6. The molecule has 28 heavy (non-hydrogen) atoms. The van der Waals surface area contributed by atoms with Crippen LogP contribution in [-0.4, -0.2) is 42.1 Å². The highest BCUT2D eigenvalue weighted by molar-refractivity contribution is 5.92. The highest BCUT2D eigenvalue weighted by Gasteiger charge is 2.57. The molecular formula is C22H30O6. The average Bonchev–Trinajstić information content (AvgIpc) is 2.97. The van der Waals surface area contributed by atoms with Crippen LogP contribution in [0.15, 0.2) is 23.8 Å². The van der Waals surface area contributed by atoms with Crippen LogP contribution in [-0.2, 0) is 23.9 Å². The van der Waals surface area contributed by atoms with Gasteiger partial charge in [0.15, 0.2) is 6.10 Å². The lowest BCUT2D eigenvalue weighted by molar-refractivity contribution is -0.152. The topological polar surface area (TPSA) is 89.9 Å². The van der Waals surface area contributed by atoms with Gasteiger partial charge in [-0.25, -0.2) is 4.79 Å². The molecule has 1 heterocycles. The minimum Gasteiger partial charge on any atom is -0.458 e. The first-order valence-electron chi connectivity index (χ1n) is 10.00. The lowest BCUT2D eigenvalue weighted by atomic mass is 9.46. The number of aliphatic hydroxyl groups is 1. The first-order chi connectivity index (χ1) is 13.1. The molecule has 0 radical (unpaired) electrons. The minimum atomic E-state index is -0.772. The Balaban J connectivity index is 1.88. The van der Waals surface area contributed by atoms with Gasteiger partial charge in [0.05, 0.1) is 17.1 Å². The number of fused-ring (bicyclic) bond motifs is 1. The Bertz CT molecular complexity index is 725. The first kappa shape index (κ1) is 20.8. The molecule has 3 rings (SSSR count). The van der Waals surface area contributed by atoms with E-state index in [1.54, 1.807) is 0 Å². The molecule has 1 N–H and O–H groups in total. The van der Waals surface area contributed by atoms with Crippen molar-refractivity contribution in [1.82, 2.24) is 0 Å². The molecule has 6 nitrogen and oxygen atoms in total. The summed E-state index contributed by atoms with van der Waals surface area (Å²) in [6, 6.07) is 0. The molecular weight excluding hydrogens is 360 g/mol. The fraction of sp³-hybridized carbons (Fsp3) is 0.682. The Morgan fingerprint density at radius 2 is 2.11 bits per heavy atom. The second-order valence-electron chi connectivity index (χ2n) is 8.94. The summed E-state index contributed by atoms with van der Waals surface area (Å²) < 4.78 is 10.3. The van der Waals surface area contributed by atoms with Gasteiger partial charge < -0.3 is 19.4 Å². The van der Waals surface area contributed by atoms with Gasteiger partial charge in [-0.2, -0.15) is 0 Å². The molecule has 3 aliphatic rings. The SMILES string of the molecule is C=C1CC[C@@H]2[C@](C)(C=O)[C@H](O)CC[C@@]2(C)[C@@H]1C/C=C1/C(=O)OC[C@H]1OC(C)=O. The smallest absolute Gasteiger partial charge is 0.337 e. The summed E-state index contributed by atoms with van der Waals surface area (Å²) in [5, 5.41) is 10.5. The Morgan fingerprint density at radius 3 is 2.75 bits per heavy atom. The molecule has 0 bridgehead atoms. The predicted octanol–water partition coefficient (Wildman–Crippen LogP) is 2.74. The number of aliphatic hydroxyl groups excluding tert-OH is 1. The van der Waals surface area contributed by atoms with Crippen molar-refractivity contribution < 1.29 is 29.0 Å². The van der Waals surface area contributed by atoms with Crippen LogP contribution >= 0.6 is 0 Å². The highest BCUT2D eigenvalue weighted by Crippen LogP contribution is 2.61. The van der Waals surface area contributed by atoms with Crippen LogP contribution in [0.4, 0.5) is 0 Å². The molecule has 1 aliphatic heterocycles. The van der Waals surface area contributed by atoms with Gasteiger partial charge in [-0.1, -0.05) is 32.1 Å². The molecule has 154 valence electrons. The van der Waals surface area contributed by atoms with Gasteiger partial charge in [0, 0.05) is 6.92 Å². The van der Waals surface area contributed by atoms with Crippen molar-refractivity contribution in [1.29, 1.82) is 0 Å². The molecule has 6 atom stereocenters. The number of rotatable bonds is 4. The first-order valence-corrected chi connectivity index (χ1v) is 10.00. The zero-order chi connectivity index (χ0) is 20.7. The zero-order valence-corrected chi connectivity index (χ0v) is 16.9. The number of hydrogen-bond donors (Lipinski definition) is 1. The Hall–Kier alpha value is -1.95. The van der Waals surface area contributed by atoms with Gasteiger partial charge in [0.25, 0.3) is 0 Å². The summed E-state index contributed by atoms with van der Waals surface area (Å²) in [5.41, 5.74) is 0.519. The number of aldehydes is 1. The van der Waals surface area contributed by atoms with Gasteiger partial charge in [-0.15, -0.1) is 0 Å². The molecule has 0 unspecified atom stereocenters. The molecule has 0 aromatic rings. The third-order valence-corrected chi connectivity index (χ3v) is 7.35. The second-order valence-corrected chi connectivity index (χ2v) is 8.94. The molecule has 0 spiro atoms. The van der Waals surface area contributed by atoms with Crippen molar-refractivity contribution in [2.24, 2.45) is 22.7 Å². The number of esters is 2. The van der Waals surface area contributed by atoms with Crippen molar-refractivity contribution >= 4 is 18.2 Å². The standard InChI is InChI=1S/C22H30O6/c1-13-5-8-18-21(3,10-9-19(25)22(18,4)12-23)16(13)7-6-15-17(28-14(2)24)11-27-20(15)26/h6,12,16-19,25H,1,5,7-11H2,2-4H3/b15-6+/t16-,17-,18+,19-,21+,22+/m1/s1. The largest absolute Gasteiger partial charge is 0.458 e. The van der Waals surface area contributed by atoms with Crippen molar-refractivity contribution in [2.45, 2.75) is 65.1 Å². The predicted molar refractivity (Wildman–Crippen MR) is 102 cm³/mol. The fourth-order valence-corrected chi connectivity index (χ4v) is 5.71. The van der Waals surface area contributed by atoms with Gasteiger partial charge in [0.2, 0.25) is 0 Å². The molecule has 0 amide bonds. The van der Waals surface area contributed by atoms with Gasteiger partial charge >= 0.3 is 11.9 Å². The fourth-order valence-electron chi connectivity index (χ4n) is 5.71. The van der Waals surface area contributed by atoms with Gasteiger partial charge in [0.1, 0.15) is 12.9 Å². The van der Waals surface area contributed by atoms with E-state index in [0.29, 0.717) is 18.4 Å². The quantitative estimate of drug-likeness (QED) is 0.344. The van der Waals surface area contributed by atoms with Crippen molar-refractivity contribution in [3.8, 4) is 0 Å². The molecule has 0 aromatic carbocycles. The number of ether oxygens (including phenoxy) is 2. The van der Waals surface area contributed by atoms with Crippen LogP contribution in [0.2, 0.25) is 0 Å². The van der Waals surface area contributed by atoms with Crippen LogP contribution in [0.5, 0.6) is 0 Å². The maximum Gasteiger partial charge on any atom is 0.337 e. The van der Waals surface area contributed by atoms with Crippen LogP contribution in [0, 0.1) is 22.7 Å². The Kier molecular flexibility index (Phi) is 5.54. The van der Waals surface area contributed by atoms with E-state index in [2.05, 4.69) is 13.5 Å². The summed E-state index contributed by atoms with van der Waals surface area (Å²) in [6.07, 6.45) is 5.00. The van der Waals surface area contributed by atoms with Crippen LogP contribution in [0.1, 0.15) is 52.9 Å². The second kappa shape index (κ2) is 7.47. The summed E-state index contributed by atoms with van der Waals surface area (Å²) in [5.74, 6) is -0.774. The van der Waals surface area contributed by atoms with Crippen molar-refractivity contribution in [2.75, 3.05) is 6.61 Å². The Morgan fingerprint density at radius 1 is 1.39 bits per heavy atom. The third-order valence-electron chi connectivity index (χ3n) is 7.35. The summed E-state index contributed by atoms with van der Waals surface area (Å²) in [4.78, 5) is 35.3. The summed E-state index contributed by atoms with van der Waals surface area (Å²) in [7, 11) is 0. The third kappa shape index (κ3) is 3.32. The van der Waals surface area contributed by atoms with E-state index in [0.717, 1.165) is 31.1 Å². The monoisotopic (exact) mass is 390 g/mol. The molecule has 1 saturated heterocycles. The number of carbonyl (C=O) groups excluding carboxylic acids is 3. The molecule has 6 heteroatoms. The van der Waals surface area contributed by atoms with E-state index in [1.165, 1.54) is 6.92 Å². The van der Waals surface area contributed by atoms with Crippen LogP contribution < -0.4 is 0 Å². The molecule has 2 saturated carbocycles. The maximum absolute atomic E-state index is 12.1. The molecule has 3 fully saturated rings. The van der Waals surface area contributed by atoms with Gasteiger partial charge in [-0.05, 0) is 49.4 Å². The lowest BCUT2D eigenvalue weighted by Crippen LogP contribution is -2.56. The number of carbonyl (C=O) groups is 3. The normalized spacial score (nSPS) is 42.1. The number of cyclic esters (lactones) is 1. The lowest BCUT2D eigenvalue weighted by Gasteiger charge is -2.58. The maximum atomic E-state index is 12.1. The molecule has 0 aromatic heterocycles. The summed E-state index contributed by atoms with van der Waals surface area (Å²) >= 11 is 0. The zero-order valence-electron chi connectivity index (χ0n) is 16.9. The molecule has 2 aliphatic carbocycles. The van der Waals surface area contributed by atoms with Gasteiger partial charge in [-0.3, -0.25) is 4.79 Å².